The molecule has 1 aliphatic rings. The fourth-order valence-corrected chi connectivity index (χ4v) is 3.09. The molecule has 1 aliphatic heterocycles. The predicted octanol–water partition coefficient (Wildman–Crippen LogP) is 1.47. The summed E-state index contributed by atoms with van der Waals surface area (Å²) in [6.45, 7) is -0.731. The Labute approximate surface area is 129 Å². The van der Waals surface area contributed by atoms with Crippen molar-refractivity contribution in [2.24, 2.45) is 0 Å². The van der Waals surface area contributed by atoms with E-state index in [4.69, 9.17) is 22.4 Å². The van der Waals surface area contributed by atoms with Crippen molar-refractivity contribution >= 4 is 46.3 Å². The zero-order valence-electron chi connectivity index (χ0n) is 10.5. The van der Waals surface area contributed by atoms with E-state index in [9.17, 15) is 14.0 Å². The monoisotopic (exact) mass is 327 g/mol. The summed E-state index contributed by atoms with van der Waals surface area (Å²) >= 11 is 5.93. The molecule has 5 nitrogen and oxygen atoms in total. The molecule has 1 aromatic rings. The molecular formula is C13H10FNO4S2. The highest BCUT2D eigenvalue weighted by atomic mass is 32.2. The Balaban J connectivity index is 2.29. The van der Waals surface area contributed by atoms with Gasteiger partial charge in [0.25, 0.3) is 5.91 Å². The van der Waals surface area contributed by atoms with Gasteiger partial charge in [-0.25, -0.2) is 9.18 Å². The molecule has 1 atom stereocenters. The van der Waals surface area contributed by atoms with Crippen LogP contribution in [0.25, 0.3) is 6.08 Å². The lowest BCUT2D eigenvalue weighted by Gasteiger charge is -2.20. The Bertz CT molecular complexity index is 630. The van der Waals surface area contributed by atoms with Crippen molar-refractivity contribution in [2.45, 2.75) is 6.04 Å². The van der Waals surface area contributed by atoms with E-state index in [0.717, 1.165) is 16.7 Å². The second-order valence-electron chi connectivity index (χ2n) is 4.14. The molecule has 0 radical (unpaired) electrons. The highest BCUT2D eigenvalue weighted by Gasteiger charge is 2.40. The van der Waals surface area contributed by atoms with Gasteiger partial charge < -0.3 is 10.2 Å². The summed E-state index contributed by atoms with van der Waals surface area (Å²) in [6.07, 6.45) is 1.50. The van der Waals surface area contributed by atoms with Crippen LogP contribution in [-0.4, -0.2) is 44.0 Å². The second-order valence-corrected chi connectivity index (χ2v) is 5.82. The summed E-state index contributed by atoms with van der Waals surface area (Å²) in [7, 11) is 0. The Morgan fingerprint density at radius 2 is 2.05 bits per heavy atom. The Kier molecular flexibility index (Phi) is 4.71. The second kappa shape index (κ2) is 6.33. The zero-order valence-corrected chi connectivity index (χ0v) is 12.2. The number of carbonyl (C=O) groups excluding carboxylic acids is 1. The Hall–Kier alpha value is -1.77. The third-order valence-electron chi connectivity index (χ3n) is 2.76. The number of carbonyl (C=O) groups is 2. The Morgan fingerprint density at radius 3 is 2.57 bits per heavy atom. The van der Waals surface area contributed by atoms with Gasteiger partial charge in [0.2, 0.25) is 0 Å². The molecular weight excluding hydrogens is 317 g/mol. The molecule has 1 heterocycles. The van der Waals surface area contributed by atoms with Crippen LogP contribution in [0.2, 0.25) is 0 Å². The summed E-state index contributed by atoms with van der Waals surface area (Å²) < 4.78 is 12.9. The maximum atomic E-state index is 12.8. The standard InChI is InChI=1S/C13H10FNO4S2/c14-8-3-1-7(2-4-8)5-10-11(17)15(13(20)21-10)9(6-16)12(18)19/h1-5,9,16H,6H2,(H,18,19). The molecule has 1 amide bonds. The van der Waals surface area contributed by atoms with Gasteiger partial charge in [0.15, 0.2) is 6.04 Å². The van der Waals surface area contributed by atoms with E-state index in [2.05, 4.69) is 0 Å². The number of carboxylic acids is 1. The molecule has 21 heavy (non-hydrogen) atoms. The van der Waals surface area contributed by atoms with E-state index < -0.39 is 30.3 Å². The van der Waals surface area contributed by atoms with Gasteiger partial charge in [-0.15, -0.1) is 0 Å². The predicted molar refractivity (Wildman–Crippen MR) is 79.9 cm³/mol. The summed E-state index contributed by atoms with van der Waals surface area (Å²) in [4.78, 5) is 24.3. The smallest absolute Gasteiger partial charge is 0.329 e. The highest BCUT2D eigenvalue weighted by Crippen LogP contribution is 2.33. The van der Waals surface area contributed by atoms with Gasteiger partial charge in [0.05, 0.1) is 11.5 Å². The average molecular weight is 327 g/mol. The molecule has 0 aliphatic carbocycles. The molecule has 1 aromatic carbocycles. The third-order valence-corrected chi connectivity index (χ3v) is 4.09. The van der Waals surface area contributed by atoms with Crippen LogP contribution in [0.1, 0.15) is 5.56 Å². The molecule has 1 saturated heterocycles. The number of benzene rings is 1. The minimum atomic E-state index is -1.41. The molecule has 0 saturated carbocycles. The van der Waals surface area contributed by atoms with Crippen LogP contribution in [-0.2, 0) is 9.59 Å². The molecule has 8 heteroatoms. The van der Waals surface area contributed by atoms with E-state index in [-0.39, 0.29) is 9.23 Å². The van der Waals surface area contributed by atoms with Crippen molar-refractivity contribution in [2.75, 3.05) is 6.61 Å². The van der Waals surface area contributed by atoms with Gasteiger partial charge in [-0.1, -0.05) is 36.1 Å². The van der Waals surface area contributed by atoms with Gasteiger partial charge in [0, 0.05) is 0 Å². The number of rotatable bonds is 4. The maximum Gasteiger partial charge on any atom is 0.329 e. The third kappa shape index (κ3) is 3.29. The van der Waals surface area contributed by atoms with Gasteiger partial charge in [-0.3, -0.25) is 9.69 Å². The lowest BCUT2D eigenvalue weighted by atomic mass is 10.2. The van der Waals surface area contributed by atoms with Crippen LogP contribution < -0.4 is 0 Å². The van der Waals surface area contributed by atoms with E-state index in [1.165, 1.54) is 30.3 Å². The van der Waals surface area contributed by atoms with Gasteiger partial charge in [0.1, 0.15) is 10.1 Å². The summed E-state index contributed by atoms with van der Waals surface area (Å²) in [6, 6.07) is 4.07. The van der Waals surface area contributed by atoms with Crippen LogP contribution in [0.4, 0.5) is 4.39 Å². The van der Waals surface area contributed by atoms with Gasteiger partial charge >= 0.3 is 5.97 Å². The minimum absolute atomic E-state index is 0.0646. The number of halogens is 1. The zero-order chi connectivity index (χ0) is 15.6. The number of nitrogens with zero attached hydrogens (tertiary/aromatic N) is 1. The molecule has 0 bridgehead atoms. The first-order valence-corrected chi connectivity index (χ1v) is 7.03. The van der Waals surface area contributed by atoms with Gasteiger partial charge in [-0.05, 0) is 23.8 Å². The number of aliphatic hydroxyl groups is 1. The summed E-state index contributed by atoms with van der Waals surface area (Å²) in [5.41, 5.74) is 0.591. The average Bonchev–Trinajstić information content (AvgIpc) is 2.70. The van der Waals surface area contributed by atoms with E-state index >= 15 is 0 Å². The molecule has 1 fully saturated rings. The largest absolute Gasteiger partial charge is 0.480 e. The fourth-order valence-electron chi connectivity index (χ4n) is 1.73. The number of hydrogen-bond acceptors (Lipinski definition) is 5. The van der Waals surface area contributed by atoms with E-state index in [1.807, 2.05) is 0 Å². The molecule has 2 rings (SSSR count). The number of carboxylic acid groups (broad SMARTS) is 1. The highest BCUT2D eigenvalue weighted by molar-refractivity contribution is 8.26. The van der Waals surface area contributed by atoms with Crippen molar-refractivity contribution < 1.29 is 24.2 Å². The fraction of sp³-hybridized carbons (Fsp3) is 0.154. The van der Waals surface area contributed by atoms with Crippen LogP contribution in [0.3, 0.4) is 0 Å². The normalized spacial score (nSPS) is 18.4. The number of aliphatic hydroxyl groups excluding tert-OH is 1. The van der Waals surface area contributed by atoms with Crippen LogP contribution in [0.15, 0.2) is 29.2 Å². The number of hydrogen-bond donors (Lipinski definition) is 2. The topological polar surface area (TPSA) is 77.8 Å². The first-order chi connectivity index (χ1) is 9.93. The van der Waals surface area contributed by atoms with Crippen LogP contribution in [0.5, 0.6) is 0 Å². The first-order valence-electron chi connectivity index (χ1n) is 5.80. The Morgan fingerprint density at radius 1 is 1.43 bits per heavy atom. The lowest BCUT2D eigenvalue weighted by Crippen LogP contribution is -2.46. The van der Waals surface area contributed by atoms with Crippen molar-refractivity contribution in [3.8, 4) is 0 Å². The number of aliphatic carboxylic acids is 1. The molecule has 110 valence electrons. The molecule has 1 unspecified atom stereocenters. The molecule has 0 spiro atoms. The number of thiocarbonyl (C=S) groups is 1. The van der Waals surface area contributed by atoms with Crippen molar-refractivity contribution in [1.29, 1.82) is 0 Å². The van der Waals surface area contributed by atoms with Crippen molar-refractivity contribution in [3.63, 3.8) is 0 Å². The summed E-state index contributed by atoms with van der Waals surface area (Å²) in [5, 5.41) is 18.1. The van der Waals surface area contributed by atoms with Crippen molar-refractivity contribution in [1.82, 2.24) is 4.90 Å². The summed E-state index contributed by atoms with van der Waals surface area (Å²) in [5.74, 6) is -2.32. The minimum Gasteiger partial charge on any atom is -0.480 e. The van der Waals surface area contributed by atoms with E-state index in [1.54, 1.807) is 0 Å². The van der Waals surface area contributed by atoms with Gasteiger partial charge in [-0.2, -0.15) is 0 Å². The van der Waals surface area contributed by atoms with E-state index in [0.29, 0.717) is 5.56 Å². The first kappa shape index (κ1) is 15.6. The maximum absolute atomic E-state index is 12.8. The quantitative estimate of drug-likeness (QED) is 0.644. The van der Waals surface area contributed by atoms with Crippen molar-refractivity contribution in [3.05, 3.63) is 40.6 Å². The van der Waals surface area contributed by atoms with Crippen LogP contribution in [0, 0.1) is 5.82 Å². The lowest BCUT2D eigenvalue weighted by molar-refractivity contribution is -0.146. The SMILES string of the molecule is O=C(O)C(CO)N1C(=O)C(=Cc2ccc(F)cc2)SC1=S. The molecule has 0 aromatic heterocycles. The molecule has 2 N–H and O–H groups in total. The number of amides is 1. The number of thioether (sulfide) groups is 1. The van der Waals surface area contributed by atoms with Crippen LogP contribution >= 0.6 is 24.0 Å².